The first-order valence-corrected chi connectivity index (χ1v) is 7.30. The van der Waals surface area contributed by atoms with E-state index in [2.05, 4.69) is 23.8 Å². The van der Waals surface area contributed by atoms with E-state index in [1.54, 1.807) is 0 Å². The van der Waals surface area contributed by atoms with E-state index in [9.17, 15) is 0 Å². The summed E-state index contributed by atoms with van der Waals surface area (Å²) in [5, 5.41) is 0. The van der Waals surface area contributed by atoms with Crippen molar-refractivity contribution in [2.24, 2.45) is 9.98 Å². The summed E-state index contributed by atoms with van der Waals surface area (Å²) in [4.78, 5) is 9.02. The minimum absolute atomic E-state index is 0.179. The highest BCUT2D eigenvalue weighted by atomic mass is 32.2. The molecule has 2 heterocycles. The van der Waals surface area contributed by atoms with Crippen molar-refractivity contribution >= 4 is 23.2 Å². The lowest BCUT2D eigenvalue weighted by molar-refractivity contribution is 0.107. The van der Waals surface area contributed by atoms with Crippen molar-refractivity contribution < 1.29 is 9.47 Å². The molecule has 2 aliphatic rings. The quantitative estimate of drug-likeness (QED) is 0.764. The van der Waals surface area contributed by atoms with Gasteiger partial charge in [0.2, 0.25) is 0 Å². The zero-order valence-electron chi connectivity index (χ0n) is 10.5. The van der Waals surface area contributed by atoms with Crippen molar-refractivity contribution in [3.05, 3.63) is 0 Å². The van der Waals surface area contributed by atoms with Gasteiger partial charge < -0.3 is 9.47 Å². The Labute approximate surface area is 107 Å². The molecule has 0 aromatic heterocycles. The molecular formula is C12H20N2O2S. The third kappa shape index (κ3) is 3.79. The Morgan fingerprint density at radius 2 is 1.47 bits per heavy atom. The fourth-order valence-electron chi connectivity index (χ4n) is 1.87. The first-order chi connectivity index (χ1) is 8.27. The number of hydrogen-bond donors (Lipinski definition) is 0. The second-order valence-corrected chi connectivity index (χ2v) is 5.25. The van der Waals surface area contributed by atoms with Gasteiger partial charge in [0.05, 0.1) is 49.9 Å². The molecule has 17 heavy (non-hydrogen) atoms. The zero-order valence-corrected chi connectivity index (χ0v) is 11.3. The van der Waals surface area contributed by atoms with Crippen molar-refractivity contribution in [3.63, 3.8) is 0 Å². The van der Waals surface area contributed by atoms with Crippen LogP contribution < -0.4 is 0 Å². The Balaban J connectivity index is 1.75. The Morgan fingerprint density at radius 3 is 1.88 bits per heavy atom. The highest BCUT2D eigenvalue weighted by Gasteiger charge is 2.18. The van der Waals surface area contributed by atoms with Gasteiger partial charge >= 0.3 is 0 Å². The lowest BCUT2D eigenvalue weighted by atomic mass is 10.2. The Bertz CT molecular complexity index is 288. The van der Waals surface area contributed by atoms with E-state index in [1.165, 1.54) is 11.4 Å². The van der Waals surface area contributed by atoms with Crippen LogP contribution in [-0.2, 0) is 9.47 Å². The second kappa shape index (κ2) is 6.52. The molecular weight excluding hydrogens is 236 g/mol. The van der Waals surface area contributed by atoms with Gasteiger partial charge in [0.1, 0.15) is 0 Å². The van der Waals surface area contributed by atoms with Crippen molar-refractivity contribution in [3.8, 4) is 0 Å². The first-order valence-electron chi connectivity index (χ1n) is 6.14. The molecule has 0 bridgehead atoms. The summed E-state index contributed by atoms with van der Waals surface area (Å²) in [6.45, 7) is 7.27. The van der Waals surface area contributed by atoms with E-state index in [4.69, 9.17) is 9.47 Å². The summed E-state index contributed by atoms with van der Waals surface area (Å²) < 4.78 is 11.1. The standard InChI is InChI=1S/C12H20N2O2S/c1-9-11(13-3-5-15-9)7-17-8-12-10(2)16-6-4-14-12/h9-10H,3-8H2,1-2H3. The predicted molar refractivity (Wildman–Crippen MR) is 72.8 cm³/mol. The summed E-state index contributed by atoms with van der Waals surface area (Å²) in [5.74, 6) is 1.87. The van der Waals surface area contributed by atoms with Gasteiger partial charge in [0, 0.05) is 11.5 Å². The number of thioether (sulfide) groups is 1. The van der Waals surface area contributed by atoms with Gasteiger partial charge in [0.25, 0.3) is 0 Å². The normalized spacial score (nSPS) is 29.8. The molecule has 0 amide bonds. The molecule has 0 aliphatic carbocycles. The number of ether oxygens (including phenoxy) is 2. The third-order valence-corrected chi connectivity index (χ3v) is 3.99. The van der Waals surface area contributed by atoms with Gasteiger partial charge in [-0.15, -0.1) is 11.8 Å². The summed E-state index contributed by atoms with van der Waals surface area (Å²) in [6.07, 6.45) is 0.358. The molecule has 0 radical (unpaired) electrons. The molecule has 0 aromatic carbocycles. The monoisotopic (exact) mass is 256 g/mol. The van der Waals surface area contributed by atoms with Crippen LogP contribution in [0.25, 0.3) is 0 Å². The Hall–Kier alpha value is -0.390. The molecule has 4 nitrogen and oxygen atoms in total. The molecule has 5 heteroatoms. The van der Waals surface area contributed by atoms with E-state index >= 15 is 0 Å². The van der Waals surface area contributed by atoms with Gasteiger partial charge in [0.15, 0.2) is 0 Å². The number of hydrogen-bond acceptors (Lipinski definition) is 5. The summed E-state index contributed by atoms with van der Waals surface area (Å²) in [6, 6.07) is 0. The molecule has 0 N–H and O–H groups in total. The molecule has 0 spiro atoms. The summed E-state index contributed by atoms with van der Waals surface area (Å²) >= 11 is 1.85. The lowest BCUT2D eigenvalue weighted by Gasteiger charge is -2.22. The van der Waals surface area contributed by atoms with Gasteiger partial charge in [-0.1, -0.05) is 0 Å². The van der Waals surface area contributed by atoms with Crippen LogP contribution in [0.1, 0.15) is 13.8 Å². The van der Waals surface area contributed by atoms with Crippen molar-refractivity contribution in [1.29, 1.82) is 0 Å². The molecule has 2 unspecified atom stereocenters. The van der Waals surface area contributed by atoms with Gasteiger partial charge in [-0.2, -0.15) is 0 Å². The highest BCUT2D eigenvalue weighted by molar-refractivity contribution is 8.00. The van der Waals surface area contributed by atoms with Crippen molar-refractivity contribution in [2.45, 2.75) is 26.1 Å². The summed E-state index contributed by atoms with van der Waals surface area (Å²) in [5.41, 5.74) is 2.34. The fourth-order valence-corrected chi connectivity index (χ4v) is 3.05. The van der Waals surface area contributed by atoms with Crippen LogP contribution in [0.5, 0.6) is 0 Å². The Kier molecular flexibility index (Phi) is 5.00. The van der Waals surface area contributed by atoms with Crippen molar-refractivity contribution in [1.82, 2.24) is 0 Å². The average molecular weight is 256 g/mol. The second-order valence-electron chi connectivity index (χ2n) is 4.26. The van der Waals surface area contributed by atoms with Crippen LogP contribution in [0.15, 0.2) is 9.98 Å². The highest BCUT2D eigenvalue weighted by Crippen LogP contribution is 2.12. The summed E-state index contributed by atoms with van der Waals surface area (Å²) in [7, 11) is 0. The molecule has 2 rings (SSSR count). The van der Waals surface area contributed by atoms with E-state index < -0.39 is 0 Å². The smallest absolute Gasteiger partial charge is 0.0932 e. The van der Waals surface area contributed by atoms with E-state index in [0.717, 1.165) is 37.8 Å². The van der Waals surface area contributed by atoms with Gasteiger partial charge in [-0.05, 0) is 13.8 Å². The lowest BCUT2D eigenvalue weighted by Crippen LogP contribution is -2.31. The van der Waals surface area contributed by atoms with Crippen LogP contribution in [0, 0.1) is 0 Å². The van der Waals surface area contributed by atoms with Crippen LogP contribution in [0.2, 0.25) is 0 Å². The maximum absolute atomic E-state index is 5.56. The first kappa shape index (κ1) is 13.1. The third-order valence-electron chi connectivity index (χ3n) is 2.99. The van der Waals surface area contributed by atoms with Crippen LogP contribution >= 0.6 is 11.8 Å². The maximum Gasteiger partial charge on any atom is 0.0932 e. The maximum atomic E-state index is 5.56. The SMILES string of the molecule is CC1OCCN=C1CSCC1=NCCOC1C. The topological polar surface area (TPSA) is 43.2 Å². The average Bonchev–Trinajstić information content (AvgIpc) is 2.34. The largest absolute Gasteiger partial charge is 0.371 e. The molecule has 2 aliphatic heterocycles. The minimum Gasteiger partial charge on any atom is -0.371 e. The molecule has 0 saturated carbocycles. The molecule has 96 valence electrons. The van der Waals surface area contributed by atoms with Crippen LogP contribution in [0.3, 0.4) is 0 Å². The number of nitrogens with zero attached hydrogens (tertiary/aromatic N) is 2. The van der Waals surface area contributed by atoms with Crippen molar-refractivity contribution in [2.75, 3.05) is 37.8 Å². The van der Waals surface area contributed by atoms with E-state index in [-0.39, 0.29) is 12.2 Å². The molecule has 0 aromatic rings. The number of rotatable bonds is 4. The van der Waals surface area contributed by atoms with Gasteiger partial charge in [-0.25, -0.2) is 0 Å². The molecule has 2 atom stereocenters. The molecule has 0 saturated heterocycles. The fraction of sp³-hybridized carbons (Fsp3) is 0.833. The minimum atomic E-state index is 0.179. The zero-order chi connectivity index (χ0) is 12.1. The van der Waals surface area contributed by atoms with Crippen LogP contribution in [-0.4, -0.2) is 61.4 Å². The predicted octanol–water partition coefficient (Wildman–Crippen LogP) is 1.44. The Morgan fingerprint density at radius 1 is 1.00 bits per heavy atom. The number of aliphatic imine (C=N–C) groups is 2. The molecule has 0 fully saturated rings. The van der Waals surface area contributed by atoms with Gasteiger partial charge in [-0.3, -0.25) is 9.98 Å². The van der Waals surface area contributed by atoms with Crippen LogP contribution in [0.4, 0.5) is 0 Å². The van der Waals surface area contributed by atoms with E-state index in [0.29, 0.717) is 0 Å². The van der Waals surface area contributed by atoms with E-state index in [1.807, 2.05) is 11.8 Å².